The predicted molar refractivity (Wildman–Crippen MR) is 176 cm³/mol. The lowest BCUT2D eigenvalue weighted by molar-refractivity contribution is -0.142. The van der Waals surface area contributed by atoms with Crippen molar-refractivity contribution >= 4 is 34.2 Å². The summed E-state index contributed by atoms with van der Waals surface area (Å²) in [6, 6.07) is 17.5. The molecule has 5 aromatic rings. The van der Waals surface area contributed by atoms with E-state index in [2.05, 4.69) is 9.97 Å². The lowest BCUT2D eigenvalue weighted by Crippen LogP contribution is -2.53. The van der Waals surface area contributed by atoms with Gasteiger partial charge in [0.05, 0.1) is 22.4 Å². The first-order valence-electron chi connectivity index (χ1n) is 15.6. The fourth-order valence-electron chi connectivity index (χ4n) is 6.91. The monoisotopic (exact) mass is 636 g/mol. The fraction of sp³-hybridized carbons (Fsp3) is 0.343. The summed E-state index contributed by atoms with van der Waals surface area (Å²) in [6.07, 6.45) is 8.10. The van der Waals surface area contributed by atoms with E-state index < -0.39 is 5.60 Å². The number of rotatable bonds is 6. The van der Waals surface area contributed by atoms with Gasteiger partial charge in [0.1, 0.15) is 12.0 Å². The second-order valence-corrected chi connectivity index (χ2v) is 13.4. The second kappa shape index (κ2) is 12.3. The molecule has 0 unspecified atom stereocenters. The largest absolute Gasteiger partial charge is 0.388 e. The summed E-state index contributed by atoms with van der Waals surface area (Å²) < 4.78 is 3.27. The van der Waals surface area contributed by atoms with Gasteiger partial charge in [0.15, 0.2) is 0 Å². The van der Waals surface area contributed by atoms with Crippen LogP contribution in [0, 0.1) is 5.92 Å². The molecule has 1 aromatic carbocycles. The Morgan fingerprint density at radius 3 is 2.59 bits per heavy atom. The van der Waals surface area contributed by atoms with Crippen molar-refractivity contribution in [2.24, 2.45) is 13.0 Å². The Bertz CT molecular complexity index is 1930. The predicted octanol–water partition coefficient (Wildman–Crippen LogP) is 4.16. The van der Waals surface area contributed by atoms with Gasteiger partial charge in [-0.1, -0.05) is 36.4 Å². The molecule has 0 spiro atoms. The molecule has 0 aliphatic carbocycles. The number of fused-ring (bicyclic) bond motifs is 1. The fourth-order valence-corrected chi connectivity index (χ4v) is 7.79. The normalized spacial score (nSPS) is 19.8. The van der Waals surface area contributed by atoms with Gasteiger partial charge in [-0.3, -0.25) is 23.9 Å². The highest BCUT2D eigenvalue weighted by molar-refractivity contribution is 7.12. The maximum atomic E-state index is 14.1. The molecule has 236 valence electrons. The van der Waals surface area contributed by atoms with Crippen LogP contribution in [0.3, 0.4) is 0 Å². The molecule has 2 aliphatic rings. The van der Waals surface area contributed by atoms with Gasteiger partial charge in [-0.25, -0.2) is 4.98 Å². The van der Waals surface area contributed by atoms with Crippen molar-refractivity contribution in [3.63, 3.8) is 0 Å². The Morgan fingerprint density at radius 2 is 1.83 bits per heavy atom. The SMILES string of the molecule is Cn1ccc2c(=O)n(CC3(O)CCN(C(=O)[C@@H]4CCN(C(=O)c5cc(-c6cccnc6)cs5)C[C@H]4c4ccccc4)CC3)cnc21. The molecule has 2 amide bonds. The van der Waals surface area contributed by atoms with Crippen LogP contribution in [0.4, 0.5) is 0 Å². The number of aryl methyl sites for hydroxylation is 1. The minimum Gasteiger partial charge on any atom is -0.388 e. The Hall–Kier alpha value is -4.61. The van der Waals surface area contributed by atoms with Crippen molar-refractivity contribution < 1.29 is 14.7 Å². The molecular weight excluding hydrogens is 600 g/mol. The molecule has 4 aromatic heterocycles. The molecule has 7 rings (SSSR count). The molecule has 6 heterocycles. The van der Waals surface area contributed by atoms with Crippen molar-refractivity contribution in [1.29, 1.82) is 0 Å². The third-order valence-corrected chi connectivity index (χ3v) is 10.5. The van der Waals surface area contributed by atoms with Crippen LogP contribution in [0.1, 0.15) is 40.4 Å². The van der Waals surface area contributed by atoms with Crippen molar-refractivity contribution in [1.82, 2.24) is 28.9 Å². The van der Waals surface area contributed by atoms with Crippen LogP contribution in [-0.2, 0) is 18.4 Å². The van der Waals surface area contributed by atoms with E-state index in [0.29, 0.717) is 61.4 Å². The second-order valence-electron chi connectivity index (χ2n) is 12.5. The minimum absolute atomic E-state index is 0.0200. The number of carbonyl (C=O) groups excluding carboxylic acids is 2. The summed E-state index contributed by atoms with van der Waals surface area (Å²) in [6.45, 7) is 1.88. The Morgan fingerprint density at radius 1 is 1.02 bits per heavy atom. The third-order valence-electron chi connectivity index (χ3n) is 9.57. The van der Waals surface area contributed by atoms with Gasteiger partial charge in [0.25, 0.3) is 11.5 Å². The third kappa shape index (κ3) is 5.76. The first-order valence-corrected chi connectivity index (χ1v) is 16.5. The summed E-state index contributed by atoms with van der Waals surface area (Å²) >= 11 is 1.43. The molecule has 1 N–H and O–H groups in total. The number of aromatic nitrogens is 4. The summed E-state index contributed by atoms with van der Waals surface area (Å²) in [7, 11) is 1.84. The molecule has 2 fully saturated rings. The number of thiophene rings is 1. The van der Waals surface area contributed by atoms with E-state index in [4.69, 9.17) is 0 Å². The highest BCUT2D eigenvalue weighted by Crippen LogP contribution is 2.37. The lowest BCUT2D eigenvalue weighted by Gasteiger charge is -2.43. The van der Waals surface area contributed by atoms with E-state index in [1.54, 1.807) is 29.2 Å². The Balaban J connectivity index is 1.04. The van der Waals surface area contributed by atoms with Gasteiger partial charge in [-0.05, 0) is 54.0 Å². The molecule has 0 saturated carbocycles. The van der Waals surface area contributed by atoms with Crippen LogP contribution >= 0.6 is 11.3 Å². The van der Waals surface area contributed by atoms with E-state index in [1.165, 1.54) is 22.2 Å². The molecule has 2 saturated heterocycles. The quantitative estimate of drug-likeness (QED) is 0.300. The molecule has 2 aliphatic heterocycles. The van der Waals surface area contributed by atoms with E-state index in [1.807, 2.05) is 70.8 Å². The average molecular weight is 637 g/mol. The number of hydrogen-bond donors (Lipinski definition) is 1. The zero-order chi connectivity index (χ0) is 31.8. The molecule has 46 heavy (non-hydrogen) atoms. The van der Waals surface area contributed by atoms with Gasteiger partial charge in [0, 0.05) is 69.2 Å². The van der Waals surface area contributed by atoms with E-state index in [-0.39, 0.29) is 35.8 Å². The number of carbonyl (C=O) groups is 2. The maximum absolute atomic E-state index is 14.1. The Kier molecular flexibility index (Phi) is 8.04. The number of amides is 2. The summed E-state index contributed by atoms with van der Waals surface area (Å²) in [5, 5.41) is 14.0. The van der Waals surface area contributed by atoms with Crippen LogP contribution in [0.25, 0.3) is 22.2 Å². The number of hydrogen-bond acceptors (Lipinski definition) is 7. The van der Waals surface area contributed by atoms with Crippen molar-refractivity contribution in [3.05, 3.63) is 106 Å². The molecular formula is C35H36N6O4S. The van der Waals surface area contributed by atoms with Crippen LogP contribution in [0.2, 0.25) is 0 Å². The average Bonchev–Trinajstić information content (AvgIpc) is 3.74. The highest BCUT2D eigenvalue weighted by Gasteiger charge is 2.42. The molecule has 10 nitrogen and oxygen atoms in total. The topological polar surface area (TPSA) is 114 Å². The van der Waals surface area contributed by atoms with Crippen LogP contribution in [-0.4, -0.2) is 77.6 Å². The van der Waals surface area contributed by atoms with Gasteiger partial charge in [0.2, 0.25) is 5.91 Å². The van der Waals surface area contributed by atoms with E-state index >= 15 is 0 Å². The molecule has 0 radical (unpaired) electrons. The molecule has 2 atom stereocenters. The van der Waals surface area contributed by atoms with Gasteiger partial charge in [-0.15, -0.1) is 11.3 Å². The van der Waals surface area contributed by atoms with Crippen molar-refractivity contribution in [3.8, 4) is 11.1 Å². The lowest BCUT2D eigenvalue weighted by atomic mass is 9.79. The van der Waals surface area contributed by atoms with Gasteiger partial charge in [-0.2, -0.15) is 0 Å². The minimum atomic E-state index is -1.12. The number of aliphatic hydroxyl groups is 1. The zero-order valence-corrected chi connectivity index (χ0v) is 26.5. The van der Waals surface area contributed by atoms with Crippen LogP contribution < -0.4 is 5.56 Å². The van der Waals surface area contributed by atoms with Crippen molar-refractivity contribution in [2.45, 2.75) is 37.3 Å². The number of likely N-dealkylation sites (tertiary alicyclic amines) is 2. The van der Waals surface area contributed by atoms with E-state index in [0.717, 1.165) is 16.7 Å². The first-order chi connectivity index (χ1) is 22.3. The highest BCUT2D eigenvalue weighted by atomic mass is 32.1. The smallest absolute Gasteiger partial charge is 0.263 e. The van der Waals surface area contributed by atoms with Crippen LogP contribution in [0.15, 0.2) is 89.7 Å². The van der Waals surface area contributed by atoms with Gasteiger partial charge >= 0.3 is 0 Å². The summed E-state index contributed by atoms with van der Waals surface area (Å²) in [4.78, 5) is 53.8. The van der Waals surface area contributed by atoms with Crippen molar-refractivity contribution in [2.75, 3.05) is 26.2 Å². The molecule has 0 bridgehead atoms. The number of piperidine rings is 2. The van der Waals surface area contributed by atoms with Gasteiger partial charge < -0.3 is 19.5 Å². The number of pyridine rings is 1. The summed E-state index contributed by atoms with van der Waals surface area (Å²) in [5.41, 5.74) is 2.29. The number of nitrogens with zero attached hydrogens (tertiary/aromatic N) is 6. The zero-order valence-electron chi connectivity index (χ0n) is 25.7. The molecule has 11 heteroatoms. The Labute approximate surface area is 270 Å². The van der Waals surface area contributed by atoms with E-state index in [9.17, 15) is 19.5 Å². The summed E-state index contributed by atoms with van der Waals surface area (Å²) in [5.74, 6) is -0.387. The number of benzene rings is 1. The standard InChI is InChI=1S/C35H36N6O4S/c1-38-14-9-28-31(38)37-23-41(33(28)43)22-35(45)11-16-39(17-12-35)32(42)27-10-15-40(20-29(27)24-6-3-2-4-7-24)34(44)30-18-26(21-46-30)25-8-5-13-36-19-25/h2-9,13-14,18-19,21,23,27,29,45H,10-12,15-17,20,22H2,1H3/t27-,29+/m1/s1. The maximum Gasteiger partial charge on any atom is 0.263 e. The first kappa shape index (κ1) is 30.1. The van der Waals surface area contributed by atoms with Crippen LogP contribution in [0.5, 0.6) is 0 Å².